The molecule has 1 atom stereocenters. The van der Waals surface area contributed by atoms with E-state index in [9.17, 15) is 17.6 Å². The highest BCUT2D eigenvalue weighted by molar-refractivity contribution is 7.92. The van der Waals surface area contributed by atoms with Gasteiger partial charge in [-0.25, -0.2) is 12.8 Å². The predicted octanol–water partition coefficient (Wildman–Crippen LogP) is 5.32. The molecule has 0 spiro atoms. The molecule has 156 valence electrons. The van der Waals surface area contributed by atoms with E-state index in [2.05, 4.69) is 4.72 Å². The zero-order chi connectivity index (χ0) is 21.3. The van der Waals surface area contributed by atoms with Gasteiger partial charge in [0.05, 0.1) is 21.6 Å². The van der Waals surface area contributed by atoms with Crippen molar-refractivity contribution in [2.24, 2.45) is 0 Å². The van der Waals surface area contributed by atoms with Crippen LogP contribution in [0.1, 0.15) is 34.1 Å². The number of amides is 1. The highest BCUT2D eigenvalue weighted by Crippen LogP contribution is 2.36. The first-order chi connectivity index (χ1) is 14.3. The summed E-state index contributed by atoms with van der Waals surface area (Å²) in [5.41, 5.74) is 0.443. The van der Waals surface area contributed by atoms with Crippen LogP contribution >= 0.6 is 22.9 Å². The molecule has 5 nitrogen and oxygen atoms in total. The van der Waals surface area contributed by atoms with Gasteiger partial charge in [0.15, 0.2) is 0 Å². The monoisotopic (exact) mass is 464 g/mol. The van der Waals surface area contributed by atoms with E-state index in [0.717, 1.165) is 42.0 Å². The lowest BCUT2D eigenvalue weighted by Gasteiger charge is -2.24. The zero-order valence-electron chi connectivity index (χ0n) is 15.7. The minimum atomic E-state index is -3.98. The number of likely N-dealkylation sites (tertiary alicyclic amines) is 1. The lowest BCUT2D eigenvalue weighted by atomic mass is 10.1. The van der Waals surface area contributed by atoms with Crippen LogP contribution in [0.4, 0.5) is 10.1 Å². The van der Waals surface area contributed by atoms with Gasteiger partial charge in [0.25, 0.3) is 15.9 Å². The molecule has 1 saturated heterocycles. The standard InChI is InChI=1S/C21H18ClFN2O3S2/c22-17-10-5-14(21(26)25-11-1-3-19(25)20-4-2-12-29-20)13-18(17)24-30(27,28)16-8-6-15(23)7-9-16/h2,4-10,12-13,19,24H,1,3,11H2. The van der Waals surface area contributed by atoms with Gasteiger partial charge in [-0.3, -0.25) is 9.52 Å². The van der Waals surface area contributed by atoms with E-state index in [1.165, 1.54) is 12.1 Å². The summed E-state index contributed by atoms with van der Waals surface area (Å²) in [7, 11) is -3.98. The first kappa shape index (κ1) is 20.8. The van der Waals surface area contributed by atoms with Gasteiger partial charge in [0.2, 0.25) is 0 Å². The average Bonchev–Trinajstić information content (AvgIpc) is 3.41. The van der Waals surface area contributed by atoms with Gasteiger partial charge in [0.1, 0.15) is 5.82 Å². The maximum Gasteiger partial charge on any atom is 0.261 e. The van der Waals surface area contributed by atoms with Crippen LogP contribution in [0.2, 0.25) is 5.02 Å². The molecule has 9 heteroatoms. The van der Waals surface area contributed by atoms with Crippen molar-refractivity contribution in [3.63, 3.8) is 0 Å². The molecule has 1 fully saturated rings. The summed E-state index contributed by atoms with van der Waals surface area (Å²) in [6.07, 6.45) is 1.80. The van der Waals surface area contributed by atoms with Crippen LogP contribution in [0.5, 0.6) is 0 Å². The Morgan fingerprint density at radius 2 is 1.93 bits per heavy atom. The first-order valence-corrected chi connectivity index (χ1v) is 12.0. The number of anilines is 1. The molecule has 0 aliphatic carbocycles. The molecule has 3 aromatic rings. The van der Waals surface area contributed by atoms with Crippen LogP contribution in [-0.4, -0.2) is 25.8 Å². The third-order valence-corrected chi connectivity index (χ3v) is 7.65. The lowest BCUT2D eigenvalue weighted by Crippen LogP contribution is -2.30. The number of benzene rings is 2. The summed E-state index contributed by atoms with van der Waals surface area (Å²) in [6.45, 7) is 0.640. The molecule has 1 aliphatic heterocycles. The summed E-state index contributed by atoms with van der Waals surface area (Å²) >= 11 is 7.79. The number of nitrogens with zero attached hydrogens (tertiary/aromatic N) is 1. The van der Waals surface area contributed by atoms with Crippen LogP contribution in [-0.2, 0) is 10.0 Å². The molecule has 1 aromatic heterocycles. The number of hydrogen-bond donors (Lipinski definition) is 1. The van der Waals surface area contributed by atoms with Gasteiger partial charge in [-0.15, -0.1) is 11.3 Å². The van der Waals surface area contributed by atoms with E-state index >= 15 is 0 Å². The van der Waals surface area contributed by atoms with Crippen molar-refractivity contribution in [2.45, 2.75) is 23.8 Å². The molecule has 1 amide bonds. The maximum atomic E-state index is 13.2. The minimum Gasteiger partial charge on any atom is -0.331 e. The van der Waals surface area contributed by atoms with Crippen molar-refractivity contribution >= 4 is 44.6 Å². The Morgan fingerprint density at radius 1 is 1.17 bits per heavy atom. The fourth-order valence-corrected chi connectivity index (χ4v) is 5.67. The quantitative estimate of drug-likeness (QED) is 0.555. The van der Waals surface area contributed by atoms with E-state index in [0.29, 0.717) is 12.1 Å². The molecule has 0 bridgehead atoms. The molecule has 0 saturated carbocycles. The van der Waals surface area contributed by atoms with Gasteiger partial charge >= 0.3 is 0 Å². The molecule has 1 unspecified atom stereocenters. The Morgan fingerprint density at radius 3 is 2.63 bits per heavy atom. The number of nitrogens with one attached hydrogen (secondary N) is 1. The molecular weight excluding hydrogens is 447 g/mol. The Hall–Kier alpha value is -2.42. The number of sulfonamides is 1. The van der Waals surface area contributed by atoms with Crippen LogP contribution < -0.4 is 4.72 Å². The van der Waals surface area contributed by atoms with Crippen molar-refractivity contribution in [1.29, 1.82) is 0 Å². The Labute approximate surface area is 183 Å². The van der Waals surface area contributed by atoms with Crippen molar-refractivity contribution < 1.29 is 17.6 Å². The van der Waals surface area contributed by atoms with E-state index in [-0.39, 0.29) is 27.6 Å². The molecule has 1 aliphatic rings. The number of hydrogen-bond acceptors (Lipinski definition) is 4. The zero-order valence-corrected chi connectivity index (χ0v) is 18.1. The summed E-state index contributed by atoms with van der Waals surface area (Å²) in [6, 6.07) is 13.0. The third-order valence-electron chi connectivity index (χ3n) is 4.97. The van der Waals surface area contributed by atoms with Crippen molar-refractivity contribution in [3.05, 3.63) is 81.3 Å². The summed E-state index contributed by atoms with van der Waals surface area (Å²) in [5, 5.41) is 2.15. The van der Waals surface area contributed by atoms with Crippen molar-refractivity contribution in [3.8, 4) is 0 Å². The fraction of sp³-hybridized carbons (Fsp3) is 0.190. The molecule has 1 N–H and O–H groups in total. The normalized spacial score (nSPS) is 16.6. The number of thiophene rings is 1. The van der Waals surface area contributed by atoms with Crippen LogP contribution in [0.15, 0.2) is 64.9 Å². The highest BCUT2D eigenvalue weighted by atomic mass is 35.5. The second-order valence-corrected chi connectivity index (χ2v) is 9.99. The van der Waals surface area contributed by atoms with Crippen molar-refractivity contribution in [1.82, 2.24) is 4.90 Å². The molecule has 4 rings (SSSR count). The van der Waals surface area contributed by atoms with Crippen LogP contribution in [0.25, 0.3) is 0 Å². The van der Waals surface area contributed by atoms with E-state index in [1.54, 1.807) is 17.4 Å². The molecule has 0 radical (unpaired) electrons. The Kier molecular flexibility index (Phi) is 5.81. The molecule has 30 heavy (non-hydrogen) atoms. The minimum absolute atomic E-state index is 0.0209. The average molecular weight is 465 g/mol. The van der Waals surface area contributed by atoms with Gasteiger partial charge in [0, 0.05) is 17.0 Å². The van der Waals surface area contributed by atoms with Gasteiger partial charge in [-0.1, -0.05) is 17.7 Å². The maximum absolute atomic E-state index is 13.2. The molecular formula is C21H18ClFN2O3S2. The molecule has 2 heterocycles. The Balaban J connectivity index is 1.60. The summed E-state index contributed by atoms with van der Waals surface area (Å²) in [5.74, 6) is -0.713. The second kappa shape index (κ2) is 8.37. The Bertz CT molecular complexity index is 1170. The van der Waals surface area contributed by atoms with Crippen LogP contribution in [0, 0.1) is 5.82 Å². The lowest BCUT2D eigenvalue weighted by molar-refractivity contribution is 0.0738. The van der Waals surface area contributed by atoms with E-state index in [4.69, 9.17) is 11.6 Å². The molecule has 2 aromatic carbocycles. The SMILES string of the molecule is O=C(c1ccc(Cl)c(NS(=O)(=O)c2ccc(F)cc2)c1)N1CCCC1c1cccs1. The third kappa shape index (κ3) is 4.21. The van der Waals surface area contributed by atoms with E-state index < -0.39 is 15.8 Å². The summed E-state index contributed by atoms with van der Waals surface area (Å²) < 4.78 is 40.8. The van der Waals surface area contributed by atoms with Gasteiger partial charge < -0.3 is 4.90 Å². The van der Waals surface area contributed by atoms with Crippen LogP contribution in [0.3, 0.4) is 0 Å². The highest BCUT2D eigenvalue weighted by Gasteiger charge is 2.31. The van der Waals surface area contributed by atoms with Gasteiger partial charge in [-0.2, -0.15) is 0 Å². The first-order valence-electron chi connectivity index (χ1n) is 9.27. The number of carbonyl (C=O) groups excluding carboxylic acids is 1. The topological polar surface area (TPSA) is 66.5 Å². The number of carbonyl (C=O) groups is 1. The second-order valence-electron chi connectivity index (χ2n) is 6.93. The summed E-state index contributed by atoms with van der Waals surface area (Å²) in [4.78, 5) is 16.0. The van der Waals surface area contributed by atoms with Crippen molar-refractivity contribution in [2.75, 3.05) is 11.3 Å². The number of halogens is 2. The fourth-order valence-electron chi connectivity index (χ4n) is 3.51. The largest absolute Gasteiger partial charge is 0.331 e. The predicted molar refractivity (Wildman–Crippen MR) is 116 cm³/mol. The smallest absolute Gasteiger partial charge is 0.261 e. The number of rotatable bonds is 5. The van der Waals surface area contributed by atoms with E-state index in [1.807, 2.05) is 22.4 Å². The van der Waals surface area contributed by atoms with Gasteiger partial charge in [-0.05, 0) is 66.8 Å².